The minimum atomic E-state index is -0.423. The number of nitrogens with two attached hydrogens (primary N) is 1. The zero-order chi connectivity index (χ0) is 15.4. The van der Waals surface area contributed by atoms with E-state index in [-0.39, 0.29) is 0 Å². The molecule has 2 rings (SSSR count). The second-order valence-electron chi connectivity index (χ2n) is 5.87. The summed E-state index contributed by atoms with van der Waals surface area (Å²) >= 11 is 6.27. The molecule has 0 bridgehead atoms. The van der Waals surface area contributed by atoms with Crippen LogP contribution in [0.25, 0.3) is 0 Å². The highest BCUT2D eigenvalue weighted by molar-refractivity contribution is 6.34. The van der Waals surface area contributed by atoms with Gasteiger partial charge < -0.3 is 15.8 Å². The second kappa shape index (κ2) is 7.03. The summed E-state index contributed by atoms with van der Waals surface area (Å²) in [6.07, 6.45) is 5.82. The van der Waals surface area contributed by atoms with Crippen molar-refractivity contribution in [2.24, 2.45) is 5.92 Å². The van der Waals surface area contributed by atoms with Crippen LogP contribution in [0.1, 0.15) is 49.4 Å². The molecule has 5 heteroatoms. The Kier molecular flexibility index (Phi) is 5.34. The first-order chi connectivity index (χ1) is 10.0. The van der Waals surface area contributed by atoms with E-state index in [1.807, 2.05) is 0 Å². The normalized spacial score (nSPS) is 22.4. The number of anilines is 2. The van der Waals surface area contributed by atoms with Gasteiger partial charge in [0.2, 0.25) is 0 Å². The van der Waals surface area contributed by atoms with Crippen LogP contribution in [0.4, 0.5) is 11.4 Å². The first-order valence-corrected chi connectivity index (χ1v) is 7.83. The van der Waals surface area contributed by atoms with Gasteiger partial charge in [0, 0.05) is 11.7 Å². The van der Waals surface area contributed by atoms with Gasteiger partial charge >= 0.3 is 5.97 Å². The first kappa shape index (κ1) is 16.0. The molecule has 4 nitrogen and oxygen atoms in total. The fourth-order valence-electron chi connectivity index (χ4n) is 2.88. The van der Waals surface area contributed by atoms with Gasteiger partial charge in [-0.15, -0.1) is 0 Å². The average Bonchev–Trinajstić information content (AvgIpc) is 2.65. The van der Waals surface area contributed by atoms with Gasteiger partial charge in [0.25, 0.3) is 0 Å². The van der Waals surface area contributed by atoms with Crippen molar-refractivity contribution in [3.05, 3.63) is 22.7 Å². The SMILES string of the molecule is COC(=O)c1cc(N)cc(Cl)c1NC1CCCC(C)CC1. The van der Waals surface area contributed by atoms with E-state index in [4.69, 9.17) is 22.1 Å². The van der Waals surface area contributed by atoms with Crippen molar-refractivity contribution in [1.82, 2.24) is 0 Å². The zero-order valence-electron chi connectivity index (χ0n) is 12.6. The number of benzene rings is 1. The van der Waals surface area contributed by atoms with Crippen molar-refractivity contribution in [1.29, 1.82) is 0 Å². The molecule has 1 aliphatic carbocycles. The smallest absolute Gasteiger partial charge is 0.340 e. The van der Waals surface area contributed by atoms with Crippen LogP contribution in [0.2, 0.25) is 5.02 Å². The zero-order valence-corrected chi connectivity index (χ0v) is 13.4. The number of nitrogens with one attached hydrogen (secondary N) is 1. The molecule has 0 radical (unpaired) electrons. The highest BCUT2D eigenvalue weighted by Crippen LogP contribution is 2.33. The van der Waals surface area contributed by atoms with Crippen LogP contribution >= 0.6 is 11.6 Å². The Balaban J connectivity index is 2.24. The molecule has 3 N–H and O–H groups in total. The molecule has 0 heterocycles. The van der Waals surface area contributed by atoms with Gasteiger partial charge in [-0.25, -0.2) is 4.79 Å². The molecule has 0 aromatic heterocycles. The van der Waals surface area contributed by atoms with Crippen LogP contribution in [0.3, 0.4) is 0 Å². The minimum Gasteiger partial charge on any atom is -0.465 e. The molecule has 2 unspecified atom stereocenters. The lowest BCUT2D eigenvalue weighted by atomic mass is 10.0. The largest absolute Gasteiger partial charge is 0.465 e. The Hall–Kier alpha value is -1.42. The maximum absolute atomic E-state index is 11.9. The topological polar surface area (TPSA) is 64.3 Å². The predicted molar refractivity (Wildman–Crippen MR) is 86.9 cm³/mol. The predicted octanol–water partition coefficient (Wildman–Crippen LogP) is 4.09. The van der Waals surface area contributed by atoms with Crippen molar-refractivity contribution in [2.45, 2.75) is 45.1 Å². The number of methoxy groups -OCH3 is 1. The third-order valence-electron chi connectivity index (χ3n) is 4.12. The molecule has 1 aromatic carbocycles. The summed E-state index contributed by atoms with van der Waals surface area (Å²) in [4.78, 5) is 11.9. The number of nitrogen functional groups attached to an aromatic ring is 1. The molecule has 0 aliphatic heterocycles. The molecule has 21 heavy (non-hydrogen) atoms. The Labute approximate surface area is 131 Å². The summed E-state index contributed by atoms with van der Waals surface area (Å²) in [5.41, 5.74) is 7.27. The number of rotatable bonds is 3. The molecule has 1 aliphatic rings. The van der Waals surface area contributed by atoms with Crippen LogP contribution in [0.5, 0.6) is 0 Å². The van der Waals surface area contributed by atoms with Gasteiger partial charge in [0.05, 0.1) is 23.4 Å². The van der Waals surface area contributed by atoms with Crippen molar-refractivity contribution in [3.8, 4) is 0 Å². The number of halogens is 1. The van der Waals surface area contributed by atoms with Crippen molar-refractivity contribution >= 4 is 28.9 Å². The van der Waals surface area contributed by atoms with Gasteiger partial charge in [0.15, 0.2) is 0 Å². The van der Waals surface area contributed by atoms with E-state index in [2.05, 4.69) is 12.2 Å². The van der Waals surface area contributed by atoms with E-state index >= 15 is 0 Å². The molecular formula is C16H23ClN2O2. The Morgan fingerprint density at radius 3 is 2.81 bits per heavy atom. The molecule has 1 saturated carbocycles. The molecule has 0 saturated heterocycles. The van der Waals surface area contributed by atoms with E-state index in [1.165, 1.54) is 26.4 Å². The maximum atomic E-state index is 11.9. The van der Waals surface area contributed by atoms with Gasteiger partial charge in [-0.05, 0) is 37.3 Å². The highest BCUT2D eigenvalue weighted by Gasteiger charge is 2.21. The summed E-state index contributed by atoms with van der Waals surface area (Å²) in [5.74, 6) is 0.340. The Bertz CT molecular complexity index is 519. The lowest BCUT2D eigenvalue weighted by Crippen LogP contribution is -2.21. The summed E-state index contributed by atoms with van der Waals surface area (Å²) in [7, 11) is 1.36. The third-order valence-corrected chi connectivity index (χ3v) is 4.42. The van der Waals surface area contributed by atoms with Crippen molar-refractivity contribution in [3.63, 3.8) is 0 Å². The van der Waals surface area contributed by atoms with E-state index < -0.39 is 5.97 Å². The average molecular weight is 311 g/mol. The molecule has 1 fully saturated rings. The summed E-state index contributed by atoms with van der Waals surface area (Å²) in [6, 6.07) is 3.61. The molecule has 0 spiro atoms. The number of ether oxygens (including phenoxy) is 1. The summed E-state index contributed by atoms with van der Waals surface area (Å²) in [6.45, 7) is 2.29. The van der Waals surface area contributed by atoms with E-state index in [0.29, 0.717) is 28.0 Å². The van der Waals surface area contributed by atoms with Gasteiger partial charge in [-0.3, -0.25) is 0 Å². The van der Waals surface area contributed by atoms with E-state index in [1.54, 1.807) is 12.1 Å². The molecule has 1 aromatic rings. The van der Waals surface area contributed by atoms with Crippen LogP contribution < -0.4 is 11.1 Å². The quantitative estimate of drug-likeness (QED) is 0.501. The Morgan fingerprint density at radius 2 is 2.10 bits per heavy atom. The van der Waals surface area contributed by atoms with Crippen molar-refractivity contribution < 1.29 is 9.53 Å². The third kappa shape index (κ3) is 4.03. The van der Waals surface area contributed by atoms with Crippen molar-refractivity contribution in [2.75, 3.05) is 18.2 Å². The second-order valence-corrected chi connectivity index (χ2v) is 6.28. The first-order valence-electron chi connectivity index (χ1n) is 7.45. The summed E-state index contributed by atoms with van der Waals surface area (Å²) in [5, 5.41) is 3.90. The van der Waals surface area contributed by atoms with Crippen LogP contribution in [-0.4, -0.2) is 19.1 Å². The standard InChI is InChI=1S/C16H23ClN2O2/c1-10-4-3-5-12(7-6-10)19-15-13(16(20)21-2)8-11(18)9-14(15)17/h8-10,12,19H,3-7,18H2,1-2H3. The fourth-order valence-corrected chi connectivity index (χ4v) is 3.16. The van der Waals surface area contributed by atoms with Crippen LogP contribution in [0.15, 0.2) is 12.1 Å². The van der Waals surface area contributed by atoms with Crippen LogP contribution in [-0.2, 0) is 4.74 Å². The number of carbonyl (C=O) groups excluding carboxylic acids is 1. The number of hydrogen-bond donors (Lipinski definition) is 2. The van der Waals surface area contributed by atoms with E-state index in [9.17, 15) is 4.79 Å². The van der Waals surface area contributed by atoms with Gasteiger partial charge in [-0.2, -0.15) is 0 Å². The molecule has 2 atom stereocenters. The van der Waals surface area contributed by atoms with Crippen LogP contribution in [0, 0.1) is 5.92 Å². The maximum Gasteiger partial charge on any atom is 0.340 e. The minimum absolute atomic E-state index is 0.333. The lowest BCUT2D eigenvalue weighted by molar-refractivity contribution is 0.0602. The fraction of sp³-hybridized carbons (Fsp3) is 0.562. The van der Waals surface area contributed by atoms with Gasteiger partial charge in [0.1, 0.15) is 0 Å². The van der Waals surface area contributed by atoms with Gasteiger partial charge in [-0.1, -0.05) is 31.4 Å². The number of hydrogen-bond acceptors (Lipinski definition) is 4. The number of esters is 1. The Morgan fingerprint density at radius 1 is 1.33 bits per heavy atom. The number of carbonyl (C=O) groups is 1. The lowest BCUT2D eigenvalue weighted by Gasteiger charge is -2.21. The summed E-state index contributed by atoms with van der Waals surface area (Å²) < 4.78 is 4.82. The molecule has 116 valence electrons. The molecule has 0 amide bonds. The van der Waals surface area contributed by atoms with E-state index in [0.717, 1.165) is 18.8 Å². The molecular weight excluding hydrogens is 288 g/mol. The monoisotopic (exact) mass is 310 g/mol. The highest BCUT2D eigenvalue weighted by atomic mass is 35.5.